The predicted molar refractivity (Wildman–Crippen MR) is 43.9 cm³/mol. The second-order valence-corrected chi connectivity index (χ2v) is 2.13. The van der Waals surface area contributed by atoms with Crippen molar-refractivity contribution in [2.24, 2.45) is 0 Å². The molecule has 0 aliphatic carbocycles. The lowest BCUT2D eigenvalue weighted by Crippen LogP contribution is -2.30. The minimum atomic E-state index is -0.583. The molecule has 0 aliphatic heterocycles. The highest BCUT2D eigenvalue weighted by Gasteiger charge is 2.18. The molecule has 4 nitrogen and oxygen atoms in total. The highest BCUT2D eigenvalue weighted by atomic mass is 16.6. The number of carbonyl (C=O) groups is 1. The highest BCUT2D eigenvalue weighted by molar-refractivity contribution is 5.74. The third-order valence-corrected chi connectivity index (χ3v) is 1.31. The molecular weight excluding hydrogens is 160 g/mol. The van der Waals surface area contributed by atoms with Crippen molar-refractivity contribution in [3.63, 3.8) is 0 Å². The zero-order valence-electron chi connectivity index (χ0n) is 7.83. The summed E-state index contributed by atoms with van der Waals surface area (Å²) in [6, 6.07) is 0. The highest BCUT2D eigenvalue weighted by Crippen LogP contribution is 1.96. The first-order valence-electron chi connectivity index (χ1n) is 4.03. The number of hydrogen-bond acceptors (Lipinski definition) is 4. The van der Waals surface area contributed by atoms with E-state index in [1.54, 1.807) is 0 Å². The van der Waals surface area contributed by atoms with Gasteiger partial charge in [0.1, 0.15) is 0 Å². The Kier molecular flexibility index (Phi) is 6.70. The van der Waals surface area contributed by atoms with Crippen molar-refractivity contribution in [3.8, 4) is 0 Å². The fraction of sp³-hybridized carbons (Fsp3) is 0.875. The lowest BCUT2D eigenvalue weighted by molar-refractivity contribution is -0.157. The Morgan fingerprint density at radius 2 is 2.00 bits per heavy atom. The molecule has 0 amide bonds. The van der Waals surface area contributed by atoms with Crippen LogP contribution in [0.3, 0.4) is 0 Å². The molecule has 0 spiro atoms. The van der Waals surface area contributed by atoms with E-state index in [0.29, 0.717) is 13.2 Å². The van der Waals surface area contributed by atoms with Crippen molar-refractivity contribution in [2.45, 2.75) is 20.0 Å². The van der Waals surface area contributed by atoms with Crippen LogP contribution in [0.15, 0.2) is 0 Å². The van der Waals surface area contributed by atoms with Crippen LogP contribution in [0, 0.1) is 0 Å². The van der Waals surface area contributed by atoms with E-state index in [4.69, 9.17) is 9.47 Å². The van der Waals surface area contributed by atoms with Gasteiger partial charge in [-0.15, -0.1) is 0 Å². The van der Waals surface area contributed by atoms with Gasteiger partial charge in [0.2, 0.25) is 0 Å². The molecule has 0 saturated carbocycles. The first-order chi connectivity index (χ1) is 5.76. The molecule has 1 atom stereocenters. The number of carbonyl (C=O) groups excluding carboxylic acids is 1. The average Bonchev–Trinajstić information content (AvgIpc) is 2.11. The van der Waals surface area contributed by atoms with E-state index in [1.807, 2.05) is 13.8 Å². The summed E-state index contributed by atoms with van der Waals surface area (Å²) < 4.78 is 14.7. The quantitative estimate of drug-likeness (QED) is 0.556. The Morgan fingerprint density at radius 1 is 1.33 bits per heavy atom. The smallest absolute Gasteiger partial charge is 0.337 e. The molecule has 0 aromatic rings. The zero-order chi connectivity index (χ0) is 9.40. The molecule has 0 aromatic carbocycles. The van der Waals surface area contributed by atoms with Gasteiger partial charge in [0.15, 0.2) is 6.10 Å². The van der Waals surface area contributed by atoms with Crippen LogP contribution in [0.25, 0.3) is 0 Å². The van der Waals surface area contributed by atoms with Gasteiger partial charge in [0.05, 0.1) is 13.7 Å². The Morgan fingerprint density at radius 3 is 2.42 bits per heavy atom. The summed E-state index contributed by atoms with van der Waals surface area (Å²) in [4.78, 5) is 11.0. The van der Waals surface area contributed by atoms with E-state index in [0.717, 1.165) is 0 Å². The summed E-state index contributed by atoms with van der Waals surface area (Å²) >= 11 is 0. The lowest BCUT2D eigenvalue weighted by Gasteiger charge is -2.13. The molecule has 0 aliphatic rings. The Labute approximate surface area is 72.8 Å². The van der Waals surface area contributed by atoms with Gasteiger partial charge in [-0.25, -0.2) is 4.79 Å². The molecule has 0 radical (unpaired) electrons. The van der Waals surface area contributed by atoms with Crippen LogP contribution < -0.4 is 0 Å². The lowest BCUT2D eigenvalue weighted by atomic mass is 10.4. The number of methoxy groups -OCH3 is 1. The number of hydrogen-bond donors (Lipinski definition) is 0. The molecule has 4 heteroatoms. The predicted octanol–water partition coefficient (Wildman–Crippen LogP) is 0.601. The standard InChI is InChI=1S/C8H16O4/c1-4-11-6-7(12-5-2)8(9)10-3/h7H,4-6H2,1-3H3. The monoisotopic (exact) mass is 176 g/mol. The normalized spacial score (nSPS) is 12.6. The van der Waals surface area contributed by atoms with Crippen molar-refractivity contribution in [1.82, 2.24) is 0 Å². The van der Waals surface area contributed by atoms with Gasteiger partial charge in [-0.2, -0.15) is 0 Å². The number of esters is 1. The number of rotatable bonds is 6. The summed E-state index contributed by atoms with van der Waals surface area (Å²) in [6.07, 6.45) is -0.583. The minimum absolute atomic E-state index is 0.261. The second kappa shape index (κ2) is 7.06. The summed E-state index contributed by atoms with van der Waals surface area (Å²) in [7, 11) is 1.33. The first kappa shape index (κ1) is 11.4. The van der Waals surface area contributed by atoms with Crippen LogP contribution in [0.4, 0.5) is 0 Å². The van der Waals surface area contributed by atoms with E-state index < -0.39 is 6.10 Å². The van der Waals surface area contributed by atoms with Crippen LogP contribution in [0.5, 0.6) is 0 Å². The van der Waals surface area contributed by atoms with Crippen LogP contribution in [-0.2, 0) is 19.0 Å². The van der Waals surface area contributed by atoms with Crippen LogP contribution in [0.2, 0.25) is 0 Å². The molecule has 0 saturated heterocycles. The number of ether oxygens (including phenoxy) is 3. The molecule has 0 heterocycles. The van der Waals surface area contributed by atoms with Crippen molar-refractivity contribution in [2.75, 3.05) is 26.9 Å². The maximum atomic E-state index is 11.0. The van der Waals surface area contributed by atoms with Gasteiger partial charge < -0.3 is 14.2 Å². The first-order valence-corrected chi connectivity index (χ1v) is 4.03. The summed E-state index contributed by atoms with van der Waals surface area (Å²) in [5, 5.41) is 0. The molecule has 12 heavy (non-hydrogen) atoms. The maximum Gasteiger partial charge on any atom is 0.337 e. The summed E-state index contributed by atoms with van der Waals surface area (Å²) in [5.74, 6) is -0.384. The largest absolute Gasteiger partial charge is 0.467 e. The fourth-order valence-corrected chi connectivity index (χ4v) is 0.742. The van der Waals surface area contributed by atoms with E-state index in [9.17, 15) is 4.79 Å². The van der Waals surface area contributed by atoms with Crippen LogP contribution in [-0.4, -0.2) is 39.0 Å². The minimum Gasteiger partial charge on any atom is -0.467 e. The average molecular weight is 176 g/mol. The van der Waals surface area contributed by atoms with Crippen molar-refractivity contribution < 1.29 is 19.0 Å². The summed E-state index contributed by atoms with van der Waals surface area (Å²) in [5.41, 5.74) is 0. The Balaban J connectivity index is 3.76. The molecule has 72 valence electrons. The Bertz CT molecular complexity index is 124. The Hall–Kier alpha value is -0.610. The van der Waals surface area contributed by atoms with Crippen LogP contribution >= 0.6 is 0 Å². The molecule has 0 N–H and O–H groups in total. The van der Waals surface area contributed by atoms with E-state index in [1.165, 1.54) is 7.11 Å². The molecule has 0 fully saturated rings. The third-order valence-electron chi connectivity index (χ3n) is 1.31. The molecule has 0 aromatic heterocycles. The maximum absolute atomic E-state index is 11.0. The van der Waals surface area contributed by atoms with Crippen molar-refractivity contribution >= 4 is 5.97 Å². The SMILES string of the molecule is CCOCC(OCC)C(=O)OC. The van der Waals surface area contributed by atoms with Crippen molar-refractivity contribution in [3.05, 3.63) is 0 Å². The third kappa shape index (κ3) is 4.31. The summed E-state index contributed by atoms with van der Waals surface area (Å²) in [6.45, 7) is 4.99. The van der Waals surface area contributed by atoms with E-state index in [-0.39, 0.29) is 12.6 Å². The van der Waals surface area contributed by atoms with E-state index >= 15 is 0 Å². The van der Waals surface area contributed by atoms with E-state index in [2.05, 4.69) is 4.74 Å². The molecular formula is C8H16O4. The van der Waals surface area contributed by atoms with Gasteiger partial charge in [-0.05, 0) is 13.8 Å². The zero-order valence-corrected chi connectivity index (χ0v) is 7.83. The van der Waals surface area contributed by atoms with Crippen LogP contribution in [0.1, 0.15) is 13.8 Å². The van der Waals surface area contributed by atoms with Gasteiger partial charge >= 0.3 is 5.97 Å². The van der Waals surface area contributed by atoms with Crippen molar-refractivity contribution in [1.29, 1.82) is 0 Å². The van der Waals surface area contributed by atoms with Gasteiger partial charge in [-0.1, -0.05) is 0 Å². The second-order valence-electron chi connectivity index (χ2n) is 2.13. The van der Waals surface area contributed by atoms with Gasteiger partial charge in [0, 0.05) is 13.2 Å². The van der Waals surface area contributed by atoms with Gasteiger partial charge in [0.25, 0.3) is 0 Å². The topological polar surface area (TPSA) is 44.8 Å². The molecule has 0 bridgehead atoms. The fourth-order valence-electron chi connectivity index (χ4n) is 0.742. The molecule has 0 rings (SSSR count). The van der Waals surface area contributed by atoms with Gasteiger partial charge in [-0.3, -0.25) is 0 Å². The molecule has 1 unspecified atom stereocenters.